The van der Waals surface area contributed by atoms with E-state index >= 15 is 0 Å². The first-order valence-corrected chi connectivity index (χ1v) is 8.94. The van der Waals surface area contributed by atoms with Gasteiger partial charge in [-0.05, 0) is 30.5 Å². The van der Waals surface area contributed by atoms with Crippen molar-refractivity contribution in [2.75, 3.05) is 12.9 Å². The van der Waals surface area contributed by atoms with Crippen LogP contribution in [0.4, 0.5) is 0 Å². The van der Waals surface area contributed by atoms with Gasteiger partial charge in [0.05, 0.1) is 0 Å². The van der Waals surface area contributed by atoms with Crippen molar-refractivity contribution in [3.63, 3.8) is 0 Å². The van der Waals surface area contributed by atoms with Crippen molar-refractivity contribution in [1.82, 2.24) is 5.32 Å². The van der Waals surface area contributed by atoms with Gasteiger partial charge in [0, 0.05) is 16.9 Å². The van der Waals surface area contributed by atoms with E-state index in [0.717, 1.165) is 6.42 Å². The number of nitrogens with one attached hydrogen (secondary N) is 1. The Morgan fingerprint density at radius 3 is 3.10 bits per heavy atom. The lowest BCUT2D eigenvalue weighted by Gasteiger charge is -2.30. The summed E-state index contributed by atoms with van der Waals surface area (Å²) in [6.07, 6.45) is 6.78. The number of carbonyl (C=O) groups is 1. The summed E-state index contributed by atoms with van der Waals surface area (Å²) in [6.45, 7) is -0.186. The first kappa shape index (κ1) is 15.4. The summed E-state index contributed by atoms with van der Waals surface area (Å²) in [5.74, 6) is 5.39. The Hall–Kier alpha value is -0.960. The number of hydrogen-bond acceptors (Lipinski definition) is 4. The Bertz CT molecular complexity index is 515. The van der Waals surface area contributed by atoms with Crippen molar-refractivity contribution in [1.29, 1.82) is 0 Å². The summed E-state index contributed by atoms with van der Waals surface area (Å²) in [4.78, 5) is 13.0. The Labute approximate surface area is 128 Å². The van der Waals surface area contributed by atoms with Gasteiger partial charge in [-0.1, -0.05) is 24.7 Å². The third-order valence-corrected chi connectivity index (χ3v) is 5.58. The van der Waals surface area contributed by atoms with Crippen LogP contribution in [0.15, 0.2) is 11.4 Å². The smallest absolute Gasteiger partial charge is 0.262 e. The summed E-state index contributed by atoms with van der Waals surface area (Å²) in [6, 6.07) is 2.09. The number of carbonyl (C=O) groups excluding carboxylic acids is 1. The molecule has 1 amide bonds. The van der Waals surface area contributed by atoms with Crippen molar-refractivity contribution in [2.45, 2.75) is 37.0 Å². The molecule has 0 aliphatic heterocycles. The van der Waals surface area contributed by atoms with Crippen LogP contribution in [0.1, 0.15) is 40.9 Å². The Kier molecular flexibility index (Phi) is 5.96. The maximum Gasteiger partial charge on any atom is 0.262 e. The van der Waals surface area contributed by atoms with Gasteiger partial charge in [-0.25, -0.2) is 0 Å². The van der Waals surface area contributed by atoms with Crippen molar-refractivity contribution >= 4 is 29.0 Å². The van der Waals surface area contributed by atoms with Gasteiger partial charge >= 0.3 is 0 Å². The Balaban J connectivity index is 2.06. The molecule has 0 spiro atoms. The highest BCUT2D eigenvalue weighted by Crippen LogP contribution is 2.27. The fourth-order valence-corrected chi connectivity index (χ4v) is 4.18. The third kappa shape index (κ3) is 3.78. The molecular formula is C15H19NO2S2. The van der Waals surface area contributed by atoms with E-state index in [4.69, 9.17) is 5.11 Å². The van der Waals surface area contributed by atoms with Crippen LogP contribution in [0.25, 0.3) is 0 Å². The van der Waals surface area contributed by atoms with E-state index in [1.54, 1.807) is 0 Å². The molecule has 0 radical (unpaired) electrons. The second-order valence-corrected chi connectivity index (χ2v) is 6.75. The molecule has 2 N–H and O–H groups in total. The van der Waals surface area contributed by atoms with E-state index in [1.807, 2.05) is 23.2 Å². The minimum atomic E-state index is -0.186. The zero-order chi connectivity index (χ0) is 14.4. The van der Waals surface area contributed by atoms with E-state index in [1.165, 1.54) is 30.6 Å². The molecule has 1 aromatic rings. The SMILES string of the molecule is CSC1CCCCC1NC(=O)c1sccc1C#CCO. The molecule has 1 aromatic heterocycles. The van der Waals surface area contributed by atoms with Crippen LogP contribution in [-0.2, 0) is 0 Å². The van der Waals surface area contributed by atoms with Crippen molar-refractivity contribution in [3.05, 3.63) is 21.9 Å². The van der Waals surface area contributed by atoms with E-state index < -0.39 is 0 Å². The second kappa shape index (κ2) is 7.72. The monoisotopic (exact) mass is 309 g/mol. The van der Waals surface area contributed by atoms with Crippen molar-refractivity contribution in [2.24, 2.45) is 0 Å². The largest absolute Gasteiger partial charge is 0.384 e. The van der Waals surface area contributed by atoms with Gasteiger partial charge in [0.25, 0.3) is 5.91 Å². The van der Waals surface area contributed by atoms with Gasteiger partial charge in [-0.3, -0.25) is 4.79 Å². The molecule has 1 aliphatic rings. The van der Waals surface area contributed by atoms with Crippen LogP contribution in [-0.4, -0.2) is 35.2 Å². The van der Waals surface area contributed by atoms with Crippen LogP contribution < -0.4 is 5.32 Å². The molecule has 1 aliphatic carbocycles. The van der Waals surface area contributed by atoms with Crippen LogP contribution in [0.3, 0.4) is 0 Å². The standard InChI is InChI=1S/C15H19NO2S2/c1-19-13-7-3-2-6-12(13)16-15(18)14-11(5-4-9-17)8-10-20-14/h8,10,12-13,17H,2-3,6-7,9H2,1H3,(H,16,18). The minimum absolute atomic E-state index is 0.0341. The molecule has 2 atom stereocenters. The normalized spacial score (nSPS) is 21.9. The Morgan fingerprint density at radius 1 is 1.55 bits per heavy atom. The fraction of sp³-hybridized carbons (Fsp3) is 0.533. The lowest BCUT2D eigenvalue weighted by atomic mass is 9.95. The van der Waals surface area contributed by atoms with Crippen molar-refractivity contribution in [3.8, 4) is 11.8 Å². The average Bonchev–Trinajstić information content (AvgIpc) is 2.94. The molecule has 1 fully saturated rings. The van der Waals surface area contributed by atoms with Gasteiger partial charge < -0.3 is 10.4 Å². The number of amides is 1. The minimum Gasteiger partial charge on any atom is -0.384 e. The quantitative estimate of drug-likeness (QED) is 0.844. The number of aliphatic hydroxyl groups is 1. The molecule has 1 saturated carbocycles. The number of rotatable bonds is 3. The van der Waals surface area contributed by atoms with Crippen LogP contribution in [0.5, 0.6) is 0 Å². The maximum absolute atomic E-state index is 12.4. The summed E-state index contributed by atoms with van der Waals surface area (Å²) < 4.78 is 0. The first-order chi connectivity index (χ1) is 9.76. The van der Waals surface area contributed by atoms with E-state index in [2.05, 4.69) is 23.4 Å². The molecule has 1 heterocycles. The highest BCUT2D eigenvalue weighted by atomic mass is 32.2. The van der Waals surface area contributed by atoms with Crippen LogP contribution >= 0.6 is 23.1 Å². The van der Waals surface area contributed by atoms with Gasteiger partial charge in [0.2, 0.25) is 0 Å². The number of aliphatic hydroxyl groups excluding tert-OH is 1. The summed E-state index contributed by atoms with van der Waals surface area (Å²) >= 11 is 3.24. The third-order valence-electron chi connectivity index (χ3n) is 3.50. The zero-order valence-electron chi connectivity index (χ0n) is 11.5. The van der Waals surface area contributed by atoms with Gasteiger partial charge in [-0.15, -0.1) is 11.3 Å². The predicted molar refractivity (Wildman–Crippen MR) is 85.3 cm³/mol. The highest BCUT2D eigenvalue weighted by Gasteiger charge is 2.26. The lowest BCUT2D eigenvalue weighted by molar-refractivity contribution is 0.0933. The van der Waals surface area contributed by atoms with Gasteiger partial charge in [0.15, 0.2) is 0 Å². The zero-order valence-corrected chi connectivity index (χ0v) is 13.1. The summed E-state index contributed by atoms with van der Waals surface area (Å²) in [5.41, 5.74) is 0.707. The molecule has 5 heteroatoms. The second-order valence-electron chi connectivity index (χ2n) is 4.76. The topological polar surface area (TPSA) is 49.3 Å². The number of thioether (sulfide) groups is 1. The van der Waals surface area contributed by atoms with Crippen LogP contribution in [0, 0.1) is 11.8 Å². The van der Waals surface area contributed by atoms with E-state index in [0.29, 0.717) is 15.7 Å². The molecule has 3 nitrogen and oxygen atoms in total. The first-order valence-electron chi connectivity index (χ1n) is 6.77. The van der Waals surface area contributed by atoms with E-state index in [-0.39, 0.29) is 18.6 Å². The summed E-state index contributed by atoms with van der Waals surface area (Å²) in [5, 5.41) is 14.3. The number of hydrogen-bond donors (Lipinski definition) is 2. The maximum atomic E-state index is 12.4. The predicted octanol–water partition coefficient (Wildman–Crippen LogP) is 2.50. The van der Waals surface area contributed by atoms with Gasteiger partial charge in [-0.2, -0.15) is 11.8 Å². The Morgan fingerprint density at radius 2 is 2.35 bits per heavy atom. The van der Waals surface area contributed by atoms with Gasteiger partial charge in [0.1, 0.15) is 11.5 Å². The fourth-order valence-electron chi connectivity index (χ4n) is 2.50. The highest BCUT2D eigenvalue weighted by molar-refractivity contribution is 7.99. The average molecular weight is 309 g/mol. The van der Waals surface area contributed by atoms with Crippen LogP contribution in [0.2, 0.25) is 0 Å². The molecule has 0 bridgehead atoms. The summed E-state index contributed by atoms with van der Waals surface area (Å²) in [7, 11) is 0. The van der Waals surface area contributed by atoms with Crippen molar-refractivity contribution < 1.29 is 9.90 Å². The molecular weight excluding hydrogens is 290 g/mol. The van der Waals surface area contributed by atoms with E-state index in [9.17, 15) is 4.79 Å². The number of thiophene rings is 1. The molecule has 20 heavy (non-hydrogen) atoms. The lowest BCUT2D eigenvalue weighted by Crippen LogP contribution is -2.43. The molecule has 2 rings (SSSR count). The molecule has 2 unspecified atom stereocenters. The molecule has 108 valence electrons. The molecule has 0 aromatic carbocycles. The molecule has 0 saturated heterocycles.